The quantitative estimate of drug-likeness (QED) is 0.813. The van der Waals surface area contributed by atoms with Gasteiger partial charge in [-0.15, -0.1) is 16.4 Å². The Morgan fingerprint density at radius 2 is 2.39 bits per heavy atom. The van der Waals surface area contributed by atoms with Gasteiger partial charge >= 0.3 is 0 Å². The molecule has 0 saturated carbocycles. The van der Waals surface area contributed by atoms with E-state index in [0.717, 1.165) is 28.8 Å². The molecule has 7 heteroatoms. The highest BCUT2D eigenvalue weighted by Crippen LogP contribution is 2.31. The average molecular weight is 300 g/mol. The lowest BCUT2D eigenvalue weighted by Crippen LogP contribution is -2.35. The summed E-state index contributed by atoms with van der Waals surface area (Å²) in [4.78, 5) is 16.1. The number of nitrogens with zero attached hydrogens (tertiary/aromatic N) is 3. The normalized spacial score (nSPS) is 14.7. The van der Waals surface area contributed by atoms with Crippen LogP contribution in [0, 0.1) is 6.92 Å². The maximum absolute atomic E-state index is 12.3. The van der Waals surface area contributed by atoms with Gasteiger partial charge in [0.25, 0.3) is 5.91 Å². The van der Waals surface area contributed by atoms with Crippen LogP contribution >= 0.6 is 34.5 Å². The number of halogens is 1. The number of carbonyl (C=O) groups excluding carboxylic acids is 1. The van der Waals surface area contributed by atoms with E-state index in [4.69, 9.17) is 11.6 Å². The van der Waals surface area contributed by atoms with E-state index in [-0.39, 0.29) is 5.91 Å². The number of thiophene rings is 1. The number of amides is 1. The smallest absolute Gasteiger partial charge is 0.267 e. The highest BCUT2D eigenvalue weighted by molar-refractivity contribution is 7.16. The van der Waals surface area contributed by atoms with Gasteiger partial charge in [0, 0.05) is 18.0 Å². The minimum absolute atomic E-state index is 0.0236. The number of aryl methyl sites for hydroxylation is 1. The zero-order chi connectivity index (χ0) is 12.7. The van der Waals surface area contributed by atoms with Gasteiger partial charge in [-0.3, -0.25) is 4.79 Å². The third-order valence-corrected chi connectivity index (χ3v) is 5.15. The number of fused-ring (bicyclic) bond motifs is 1. The lowest BCUT2D eigenvalue weighted by Gasteiger charge is -2.26. The van der Waals surface area contributed by atoms with Crippen LogP contribution in [0.1, 0.15) is 25.8 Å². The Bertz CT molecular complexity index is 607. The minimum atomic E-state index is 0.0236. The summed E-state index contributed by atoms with van der Waals surface area (Å²) < 4.78 is 4.61. The summed E-state index contributed by atoms with van der Waals surface area (Å²) in [6.07, 6.45) is 0.879. The molecule has 1 aliphatic heterocycles. The van der Waals surface area contributed by atoms with Crippen LogP contribution in [0.3, 0.4) is 0 Å². The molecule has 0 atom stereocenters. The molecular formula is C11H10ClN3OS2. The van der Waals surface area contributed by atoms with Gasteiger partial charge in [0.15, 0.2) is 0 Å². The second kappa shape index (κ2) is 4.60. The molecule has 0 fully saturated rings. The van der Waals surface area contributed by atoms with Gasteiger partial charge in [-0.25, -0.2) is 0 Å². The van der Waals surface area contributed by atoms with Gasteiger partial charge in [-0.1, -0.05) is 16.1 Å². The molecule has 3 heterocycles. The predicted molar refractivity (Wildman–Crippen MR) is 72.4 cm³/mol. The Hall–Kier alpha value is -0.980. The minimum Gasteiger partial charge on any atom is -0.333 e. The molecule has 0 radical (unpaired) electrons. The van der Waals surface area contributed by atoms with Crippen molar-refractivity contribution >= 4 is 40.4 Å². The predicted octanol–water partition coefficient (Wildman–Crippen LogP) is 2.76. The fraction of sp³-hybridized carbons (Fsp3) is 0.364. The van der Waals surface area contributed by atoms with Crippen LogP contribution in [0.4, 0.5) is 0 Å². The molecule has 0 bridgehead atoms. The molecule has 0 unspecified atom stereocenters. The zero-order valence-corrected chi connectivity index (χ0v) is 12.0. The molecule has 2 aromatic heterocycles. The van der Waals surface area contributed by atoms with E-state index < -0.39 is 0 Å². The summed E-state index contributed by atoms with van der Waals surface area (Å²) in [6, 6.07) is 1.96. The van der Waals surface area contributed by atoms with E-state index in [1.807, 2.05) is 17.9 Å². The highest BCUT2D eigenvalue weighted by Gasteiger charge is 2.25. The van der Waals surface area contributed by atoms with Crippen molar-refractivity contribution in [2.45, 2.75) is 19.9 Å². The van der Waals surface area contributed by atoms with Crippen molar-refractivity contribution in [3.05, 3.63) is 31.4 Å². The maximum atomic E-state index is 12.3. The molecule has 1 aliphatic rings. The fourth-order valence-electron chi connectivity index (χ4n) is 2.04. The topological polar surface area (TPSA) is 46.1 Å². The van der Waals surface area contributed by atoms with E-state index in [0.29, 0.717) is 17.1 Å². The molecule has 0 saturated heterocycles. The second-order valence-electron chi connectivity index (χ2n) is 4.16. The van der Waals surface area contributed by atoms with E-state index in [1.54, 1.807) is 11.3 Å². The van der Waals surface area contributed by atoms with Crippen LogP contribution in [0.5, 0.6) is 0 Å². The molecule has 0 N–H and O–H groups in total. The van der Waals surface area contributed by atoms with E-state index >= 15 is 0 Å². The Labute approximate surface area is 117 Å². The van der Waals surface area contributed by atoms with Crippen LogP contribution in [0.2, 0.25) is 4.34 Å². The molecule has 3 rings (SSSR count). The van der Waals surface area contributed by atoms with Crippen LogP contribution < -0.4 is 0 Å². The SMILES string of the molecule is Cc1nnsc1C(=O)N1CCc2sc(Cl)cc2C1. The summed E-state index contributed by atoms with van der Waals surface area (Å²) in [7, 11) is 0. The van der Waals surface area contributed by atoms with Crippen molar-refractivity contribution in [3.8, 4) is 0 Å². The highest BCUT2D eigenvalue weighted by atomic mass is 35.5. The second-order valence-corrected chi connectivity index (χ2v) is 6.69. The molecule has 0 aliphatic carbocycles. The summed E-state index contributed by atoms with van der Waals surface area (Å²) in [5.41, 5.74) is 1.87. The Balaban J connectivity index is 1.84. The standard InChI is InChI=1S/C11H10ClN3OS2/c1-6-10(18-14-13-6)11(16)15-3-2-8-7(5-15)4-9(12)17-8/h4H,2-3,5H2,1H3. The molecular weight excluding hydrogens is 290 g/mol. The van der Waals surface area contributed by atoms with Crippen LogP contribution in [0.15, 0.2) is 6.07 Å². The first-order valence-corrected chi connectivity index (χ1v) is 7.47. The fourth-order valence-corrected chi connectivity index (χ4v) is 3.96. The van der Waals surface area contributed by atoms with Gasteiger partial charge in [0.05, 0.1) is 10.0 Å². The molecule has 0 aromatic carbocycles. The van der Waals surface area contributed by atoms with Crippen molar-refractivity contribution in [2.24, 2.45) is 0 Å². The molecule has 1 amide bonds. The molecule has 0 spiro atoms. The van der Waals surface area contributed by atoms with Crippen LogP contribution in [-0.2, 0) is 13.0 Å². The van der Waals surface area contributed by atoms with E-state index in [9.17, 15) is 4.79 Å². The summed E-state index contributed by atoms with van der Waals surface area (Å²) >= 11 is 8.77. The third kappa shape index (κ3) is 2.04. The Morgan fingerprint density at radius 1 is 1.56 bits per heavy atom. The number of rotatable bonds is 1. The Morgan fingerprint density at radius 3 is 3.11 bits per heavy atom. The van der Waals surface area contributed by atoms with Crippen molar-refractivity contribution in [2.75, 3.05) is 6.54 Å². The van der Waals surface area contributed by atoms with Crippen molar-refractivity contribution in [3.63, 3.8) is 0 Å². The molecule has 94 valence electrons. The maximum Gasteiger partial charge on any atom is 0.267 e. The summed E-state index contributed by atoms with van der Waals surface area (Å²) in [5.74, 6) is 0.0236. The monoisotopic (exact) mass is 299 g/mol. The van der Waals surface area contributed by atoms with E-state index in [2.05, 4.69) is 9.59 Å². The number of hydrogen-bond donors (Lipinski definition) is 0. The van der Waals surface area contributed by atoms with Gasteiger partial charge in [0.2, 0.25) is 0 Å². The number of hydrogen-bond acceptors (Lipinski definition) is 5. The molecule has 2 aromatic rings. The van der Waals surface area contributed by atoms with Gasteiger partial charge in [0.1, 0.15) is 4.88 Å². The Kier molecular flexibility index (Phi) is 3.09. The van der Waals surface area contributed by atoms with Crippen LogP contribution in [-0.4, -0.2) is 26.9 Å². The van der Waals surface area contributed by atoms with Gasteiger partial charge in [-0.05, 0) is 36.5 Å². The summed E-state index contributed by atoms with van der Waals surface area (Å²) in [6.45, 7) is 3.18. The first-order chi connectivity index (χ1) is 8.65. The lowest BCUT2D eigenvalue weighted by molar-refractivity contribution is 0.0740. The van der Waals surface area contributed by atoms with Crippen molar-refractivity contribution in [1.29, 1.82) is 0 Å². The van der Waals surface area contributed by atoms with Crippen LogP contribution in [0.25, 0.3) is 0 Å². The summed E-state index contributed by atoms with van der Waals surface area (Å²) in [5, 5.41) is 3.88. The molecule has 18 heavy (non-hydrogen) atoms. The van der Waals surface area contributed by atoms with E-state index in [1.165, 1.54) is 10.4 Å². The first-order valence-electron chi connectivity index (χ1n) is 5.50. The number of aromatic nitrogens is 2. The van der Waals surface area contributed by atoms with Gasteiger partial charge < -0.3 is 4.90 Å². The zero-order valence-electron chi connectivity index (χ0n) is 9.64. The molecule has 4 nitrogen and oxygen atoms in total. The average Bonchev–Trinajstić information content (AvgIpc) is 2.91. The third-order valence-electron chi connectivity index (χ3n) is 2.97. The van der Waals surface area contributed by atoms with Gasteiger partial charge in [-0.2, -0.15) is 0 Å². The van der Waals surface area contributed by atoms with Crippen molar-refractivity contribution < 1.29 is 4.79 Å². The first kappa shape index (κ1) is 12.1. The van der Waals surface area contributed by atoms with Crippen molar-refractivity contribution in [1.82, 2.24) is 14.5 Å². The lowest BCUT2D eigenvalue weighted by atomic mass is 10.1. The largest absolute Gasteiger partial charge is 0.333 e. The number of carbonyl (C=O) groups is 1.